The van der Waals surface area contributed by atoms with Gasteiger partial charge in [-0.3, -0.25) is 4.79 Å². The van der Waals surface area contributed by atoms with Gasteiger partial charge in [0.25, 0.3) is 0 Å². The molecule has 4 nitrogen and oxygen atoms in total. The van der Waals surface area contributed by atoms with Crippen molar-refractivity contribution in [3.05, 3.63) is 133 Å². The predicted octanol–water partition coefficient (Wildman–Crippen LogP) is 9.56. The molecule has 0 bridgehead atoms. The summed E-state index contributed by atoms with van der Waals surface area (Å²) in [5, 5.41) is 13.3. The third-order valence-corrected chi connectivity index (χ3v) is 8.02. The van der Waals surface area contributed by atoms with Crippen LogP contribution in [0, 0.1) is 5.41 Å². The first-order chi connectivity index (χ1) is 19.7. The van der Waals surface area contributed by atoms with E-state index in [2.05, 4.69) is 73.4 Å². The van der Waals surface area contributed by atoms with Gasteiger partial charge < -0.3 is 9.84 Å². The van der Waals surface area contributed by atoms with Crippen LogP contribution in [0.25, 0.3) is 23.2 Å². The van der Waals surface area contributed by atoms with E-state index >= 15 is 0 Å². The molecule has 3 aromatic rings. The summed E-state index contributed by atoms with van der Waals surface area (Å²) >= 11 is 6.95. The summed E-state index contributed by atoms with van der Waals surface area (Å²) in [7, 11) is 0. The van der Waals surface area contributed by atoms with Gasteiger partial charge in [-0.2, -0.15) is 0 Å². The van der Waals surface area contributed by atoms with Gasteiger partial charge in [0.15, 0.2) is 5.78 Å². The molecule has 214 valence electrons. The van der Waals surface area contributed by atoms with Gasteiger partial charge in [-0.25, -0.2) is 4.42 Å². The second-order valence-corrected chi connectivity index (χ2v) is 14.4. The highest BCUT2D eigenvalue weighted by atomic mass is 79.9. The maximum Gasteiger partial charge on any atom is 0.360 e. The van der Waals surface area contributed by atoms with E-state index < -0.39 is 0 Å². The van der Waals surface area contributed by atoms with Crippen LogP contribution >= 0.6 is 31.9 Å². The van der Waals surface area contributed by atoms with Gasteiger partial charge >= 0.3 is 11.5 Å². The summed E-state index contributed by atoms with van der Waals surface area (Å²) in [6.07, 6.45) is 7.11. The molecule has 0 fully saturated rings. The molecular formula is C36H32Br2O4. The molecule has 0 radical (unpaired) electrons. The monoisotopic (exact) mass is 686 g/mol. The lowest BCUT2D eigenvalue weighted by molar-refractivity contribution is -0.300. The summed E-state index contributed by atoms with van der Waals surface area (Å²) < 4.78 is 14.4. The molecule has 0 spiro atoms. The van der Waals surface area contributed by atoms with Gasteiger partial charge in [0.2, 0.25) is 0 Å². The number of allylic oxidation sites excluding steroid dienone is 7. The summed E-state index contributed by atoms with van der Waals surface area (Å²) in [5.74, 6) is 2.30. The van der Waals surface area contributed by atoms with E-state index in [4.69, 9.17) is 9.15 Å². The topological polar surface area (TPSA) is 60.7 Å². The van der Waals surface area contributed by atoms with Crippen molar-refractivity contribution in [2.45, 2.75) is 47.0 Å². The first-order valence-electron chi connectivity index (χ1n) is 13.7. The summed E-state index contributed by atoms with van der Waals surface area (Å²) in [4.78, 5) is 13.3. The van der Waals surface area contributed by atoms with Crippen molar-refractivity contribution in [1.29, 1.82) is 0 Å². The van der Waals surface area contributed by atoms with Gasteiger partial charge in [0.1, 0.15) is 11.5 Å². The Morgan fingerprint density at radius 2 is 1.38 bits per heavy atom. The number of ether oxygens (including phenoxy) is 1. The van der Waals surface area contributed by atoms with E-state index in [9.17, 15) is 9.90 Å². The molecule has 0 saturated carbocycles. The fourth-order valence-electron chi connectivity index (χ4n) is 4.49. The lowest BCUT2D eigenvalue weighted by atomic mass is 9.84. The Balaban J connectivity index is 1.54. The summed E-state index contributed by atoms with van der Waals surface area (Å²) in [6.45, 7) is 12.4. The van der Waals surface area contributed by atoms with E-state index in [-0.39, 0.29) is 33.5 Å². The molecule has 2 heterocycles. The lowest BCUT2D eigenvalue weighted by Gasteiger charge is -2.30. The average molecular weight is 688 g/mol. The second-order valence-electron chi connectivity index (χ2n) is 12.5. The Labute approximate surface area is 264 Å². The normalized spacial score (nSPS) is 17.7. The van der Waals surface area contributed by atoms with Crippen molar-refractivity contribution < 1.29 is 19.1 Å². The molecule has 1 aliphatic carbocycles. The van der Waals surface area contributed by atoms with E-state index in [0.717, 1.165) is 42.7 Å². The number of ketones is 1. The van der Waals surface area contributed by atoms with Crippen molar-refractivity contribution in [3.63, 3.8) is 0 Å². The van der Waals surface area contributed by atoms with Crippen LogP contribution in [0.15, 0.2) is 120 Å². The summed E-state index contributed by atoms with van der Waals surface area (Å²) in [5.41, 5.74) is 3.08. The number of halogens is 2. The van der Waals surface area contributed by atoms with Gasteiger partial charge in [0, 0.05) is 37.1 Å². The van der Waals surface area contributed by atoms with Crippen LogP contribution in [0.3, 0.4) is 0 Å². The molecule has 0 unspecified atom stereocenters. The van der Waals surface area contributed by atoms with E-state index in [1.165, 1.54) is 0 Å². The maximum absolute atomic E-state index is 13.3. The predicted molar refractivity (Wildman–Crippen MR) is 174 cm³/mol. The van der Waals surface area contributed by atoms with Gasteiger partial charge in [0.05, 0.1) is 17.0 Å². The molecule has 0 atom stereocenters. The maximum atomic E-state index is 13.3. The standard InChI is InChI=1S/C36H32Br2O4/c1-35(2,3)31-19-21(17-29(41-31)23-7-11-25(37)12-8-23)15-27-33(39)28(34(27)40)16-22-18-30(24-9-13-26(38)14-10-24)42-32(20-22)36(4,5)6/h7-20H,1-6H3. The zero-order valence-corrected chi connectivity index (χ0v) is 27.6. The first-order valence-corrected chi connectivity index (χ1v) is 15.3. The van der Waals surface area contributed by atoms with Crippen LogP contribution in [0.2, 0.25) is 0 Å². The quantitative estimate of drug-likeness (QED) is 0.203. The lowest BCUT2D eigenvalue weighted by Crippen LogP contribution is -2.29. The minimum atomic E-state index is -0.272. The smallest absolute Gasteiger partial charge is 0.360 e. The van der Waals surface area contributed by atoms with Crippen LogP contribution in [-0.2, 0) is 14.9 Å². The van der Waals surface area contributed by atoms with E-state index in [0.29, 0.717) is 11.5 Å². The minimum absolute atomic E-state index is 0.166. The fraction of sp³-hybridized carbons (Fsp3) is 0.222. The molecule has 1 aromatic heterocycles. The Morgan fingerprint density at radius 1 is 0.786 bits per heavy atom. The Kier molecular flexibility index (Phi) is 8.08. The van der Waals surface area contributed by atoms with Crippen LogP contribution in [0.5, 0.6) is 0 Å². The summed E-state index contributed by atoms with van der Waals surface area (Å²) in [6, 6.07) is 19.4. The van der Waals surface area contributed by atoms with Crippen molar-refractivity contribution >= 4 is 49.5 Å². The number of carbonyl (C=O) groups is 1. The largest absolute Gasteiger partial charge is 0.871 e. The van der Waals surface area contributed by atoms with Gasteiger partial charge in [-0.1, -0.05) is 70.5 Å². The number of hydrogen-bond donors (Lipinski definition) is 0. The van der Waals surface area contributed by atoms with Crippen LogP contribution in [0.1, 0.15) is 58.4 Å². The average Bonchev–Trinajstić information content (AvgIpc) is 2.94. The highest BCUT2D eigenvalue weighted by Gasteiger charge is 2.31. The minimum Gasteiger partial charge on any atom is -0.871 e. The molecule has 2 aromatic carbocycles. The van der Waals surface area contributed by atoms with Crippen LogP contribution in [0.4, 0.5) is 0 Å². The number of carbonyl (C=O) groups excluding carboxylic acids is 1. The Hall–Kier alpha value is -3.48. The van der Waals surface area contributed by atoms with Gasteiger partial charge in [-0.05, 0) is 92.6 Å². The van der Waals surface area contributed by atoms with Crippen LogP contribution < -0.4 is 5.11 Å². The fourth-order valence-corrected chi connectivity index (χ4v) is 5.02. The number of hydrogen-bond acceptors (Lipinski definition) is 3. The third-order valence-electron chi connectivity index (χ3n) is 6.97. The van der Waals surface area contributed by atoms with Crippen molar-refractivity contribution in [1.82, 2.24) is 0 Å². The van der Waals surface area contributed by atoms with Crippen molar-refractivity contribution in [2.75, 3.05) is 0 Å². The van der Waals surface area contributed by atoms with Crippen molar-refractivity contribution in [3.8, 4) is 11.3 Å². The Bertz CT molecular complexity index is 1720. The number of benzene rings is 2. The molecule has 0 amide bonds. The highest BCUT2D eigenvalue weighted by molar-refractivity contribution is 9.10. The molecule has 2 aliphatic rings. The zero-order chi connectivity index (χ0) is 30.4. The number of Topliss-reactive ketones (excluding diaryl/α,β-unsaturated/α-hetero) is 1. The van der Waals surface area contributed by atoms with E-state index in [1.54, 1.807) is 12.2 Å². The Morgan fingerprint density at radius 3 is 1.93 bits per heavy atom. The second kappa shape index (κ2) is 11.3. The highest BCUT2D eigenvalue weighted by Crippen LogP contribution is 2.39. The van der Waals surface area contributed by atoms with Gasteiger partial charge in [-0.15, -0.1) is 0 Å². The molecule has 5 rings (SSSR count). The number of rotatable bonds is 4. The molecule has 0 N–H and O–H groups in total. The zero-order valence-electron chi connectivity index (χ0n) is 24.5. The molecule has 6 heteroatoms. The molecule has 1 aliphatic heterocycles. The SMILES string of the molecule is CC(C)(C)C1=CC(=CC2=C([O-])C(=Cc3cc(-c4ccc(Br)cc4)[o+]c(C(C)(C)C)c3)C2=O)C=C(c2ccc(Br)cc2)O1. The molecule has 0 saturated heterocycles. The van der Waals surface area contributed by atoms with Crippen molar-refractivity contribution in [2.24, 2.45) is 5.41 Å². The van der Waals surface area contributed by atoms with E-state index in [1.807, 2.05) is 72.8 Å². The third kappa shape index (κ3) is 6.45. The molecular weight excluding hydrogens is 656 g/mol. The first kappa shape index (κ1) is 30.0. The van der Waals surface area contributed by atoms with Crippen LogP contribution in [-0.4, -0.2) is 5.78 Å². The molecule has 42 heavy (non-hydrogen) atoms.